The second-order valence-electron chi connectivity index (χ2n) is 4.99. The van der Waals surface area contributed by atoms with E-state index in [0.717, 1.165) is 38.9 Å². The zero-order valence-corrected chi connectivity index (χ0v) is 10.0. The van der Waals surface area contributed by atoms with Gasteiger partial charge in [0.1, 0.15) is 0 Å². The molecule has 2 nitrogen and oxygen atoms in total. The summed E-state index contributed by atoms with van der Waals surface area (Å²) in [4.78, 5) is 0. The zero-order valence-electron chi connectivity index (χ0n) is 10.0. The first-order chi connectivity index (χ1) is 7.68. The molecule has 2 rings (SSSR count). The normalized spacial score (nSPS) is 26.4. The Morgan fingerprint density at radius 2 is 1.94 bits per heavy atom. The Labute approximate surface area is 97.8 Å². The van der Waals surface area contributed by atoms with Gasteiger partial charge in [0.25, 0.3) is 0 Å². The van der Waals surface area contributed by atoms with Crippen molar-refractivity contribution in [3.8, 4) is 0 Å². The smallest absolute Gasteiger partial charge is 0.0483 e. The summed E-state index contributed by atoms with van der Waals surface area (Å²) in [5.41, 5.74) is 9.03. The van der Waals surface area contributed by atoms with E-state index in [-0.39, 0.29) is 5.54 Å². The molecule has 1 aromatic rings. The van der Waals surface area contributed by atoms with Crippen LogP contribution in [0.3, 0.4) is 0 Å². The van der Waals surface area contributed by atoms with Crippen LogP contribution in [0, 0.1) is 6.92 Å². The summed E-state index contributed by atoms with van der Waals surface area (Å²) in [7, 11) is 0. The Balaban J connectivity index is 2.04. The highest BCUT2D eigenvalue weighted by Gasteiger charge is 2.26. The van der Waals surface area contributed by atoms with Gasteiger partial charge in [0.2, 0.25) is 0 Å². The van der Waals surface area contributed by atoms with Gasteiger partial charge in [-0.3, -0.25) is 0 Å². The topological polar surface area (TPSA) is 35.2 Å². The molecule has 1 aromatic carbocycles. The first-order valence-electron chi connectivity index (χ1n) is 6.10. The molecule has 2 heteroatoms. The number of nitrogens with two attached hydrogens (primary N) is 1. The van der Waals surface area contributed by atoms with Gasteiger partial charge in [0, 0.05) is 18.8 Å². The molecule has 0 saturated carbocycles. The van der Waals surface area contributed by atoms with Crippen LogP contribution in [-0.4, -0.2) is 18.8 Å². The van der Waals surface area contributed by atoms with Crippen LogP contribution in [0.5, 0.6) is 0 Å². The number of benzene rings is 1. The number of hydrogen-bond donors (Lipinski definition) is 1. The summed E-state index contributed by atoms with van der Waals surface area (Å²) in [5, 5.41) is 0. The van der Waals surface area contributed by atoms with Crippen molar-refractivity contribution in [3.05, 3.63) is 35.4 Å². The van der Waals surface area contributed by atoms with Crippen LogP contribution in [0.1, 0.15) is 30.4 Å². The molecular formula is C14H21NO. The fourth-order valence-electron chi connectivity index (χ4n) is 2.32. The van der Waals surface area contributed by atoms with Crippen LogP contribution in [-0.2, 0) is 11.2 Å². The van der Waals surface area contributed by atoms with Crippen molar-refractivity contribution in [2.45, 2.75) is 38.1 Å². The van der Waals surface area contributed by atoms with Crippen molar-refractivity contribution in [1.82, 2.24) is 0 Å². The lowest BCUT2D eigenvalue weighted by Gasteiger charge is -2.27. The molecule has 1 aliphatic heterocycles. The minimum absolute atomic E-state index is 0.0637. The molecule has 1 unspecified atom stereocenters. The third kappa shape index (κ3) is 3.06. The number of ether oxygens (including phenoxy) is 1. The van der Waals surface area contributed by atoms with Gasteiger partial charge in [-0.2, -0.15) is 0 Å². The van der Waals surface area contributed by atoms with Crippen LogP contribution in [0.2, 0.25) is 0 Å². The summed E-state index contributed by atoms with van der Waals surface area (Å²) in [6, 6.07) is 8.70. The SMILES string of the molecule is Cc1ccc(CC2(N)CCCOCC2)cc1. The maximum absolute atomic E-state index is 6.45. The quantitative estimate of drug-likeness (QED) is 0.829. The van der Waals surface area contributed by atoms with Crippen LogP contribution in [0.25, 0.3) is 0 Å². The second-order valence-corrected chi connectivity index (χ2v) is 4.99. The van der Waals surface area contributed by atoms with Gasteiger partial charge in [-0.25, -0.2) is 0 Å². The van der Waals surface area contributed by atoms with Crippen molar-refractivity contribution < 1.29 is 4.74 Å². The van der Waals surface area contributed by atoms with E-state index in [1.165, 1.54) is 11.1 Å². The Kier molecular flexibility index (Phi) is 3.62. The number of hydrogen-bond acceptors (Lipinski definition) is 2. The number of rotatable bonds is 2. The van der Waals surface area contributed by atoms with E-state index < -0.39 is 0 Å². The summed E-state index contributed by atoms with van der Waals surface area (Å²) in [5.74, 6) is 0. The van der Waals surface area contributed by atoms with Crippen LogP contribution >= 0.6 is 0 Å². The molecule has 16 heavy (non-hydrogen) atoms. The molecular weight excluding hydrogens is 198 g/mol. The Bertz CT molecular complexity index is 323. The van der Waals surface area contributed by atoms with Gasteiger partial charge in [-0.05, 0) is 38.2 Å². The summed E-state index contributed by atoms with van der Waals surface area (Å²) >= 11 is 0. The lowest BCUT2D eigenvalue weighted by atomic mass is 9.85. The Morgan fingerprint density at radius 1 is 1.19 bits per heavy atom. The molecule has 1 aliphatic rings. The largest absolute Gasteiger partial charge is 0.381 e. The molecule has 88 valence electrons. The first kappa shape index (κ1) is 11.6. The molecule has 0 amide bonds. The van der Waals surface area contributed by atoms with Crippen molar-refractivity contribution in [3.63, 3.8) is 0 Å². The van der Waals surface area contributed by atoms with Crippen molar-refractivity contribution in [1.29, 1.82) is 0 Å². The van der Waals surface area contributed by atoms with E-state index in [0.29, 0.717) is 0 Å². The van der Waals surface area contributed by atoms with E-state index in [1.54, 1.807) is 0 Å². The van der Waals surface area contributed by atoms with Crippen molar-refractivity contribution >= 4 is 0 Å². The Morgan fingerprint density at radius 3 is 2.69 bits per heavy atom. The minimum Gasteiger partial charge on any atom is -0.381 e. The van der Waals surface area contributed by atoms with E-state index in [9.17, 15) is 0 Å². The van der Waals surface area contributed by atoms with Gasteiger partial charge >= 0.3 is 0 Å². The molecule has 0 aliphatic carbocycles. The predicted octanol–water partition coefficient (Wildman–Crippen LogP) is 2.44. The summed E-state index contributed by atoms with van der Waals surface area (Å²) < 4.78 is 5.47. The average Bonchev–Trinajstić information content (AvgIpc) is 2.47. The lowest BCUT2D eigenvalue weighted by molar-refractivity contribution is 0.139. The van der Waals surface area contributed by atoms with E-state index in [4.69, 9.17) is 10.5 Å². The summed E-state index contributed by atoms with van der Waals surface area (Å²) in [6.07, 6.45) is 4.10. The number of aryl methyl sites for hydroxylation is 1. The molecule has 1 heterocycles. The first-order valence-corrected chi connectivity index (χ1v) is 6.10. The van der Waals surface area contributed by atoms with Gasteiger partial charge in [-0.1, -0.05) is 29.8 Å². The molecule has 1 atom stereocenters. The standard InChI is InChI=1S/C14H21NO/c1-12-3-5-13(6-4-12)11-14(15)7-2-9-16-10-8-14/h3-6H,2,7-11,15H2,1H3. The molecule has 1 saturated heterocycles. The molecule has 2 N–H and O–H groups in total. The van der Waals surface area contributed by atoms with E-state index >= 15 is 0 Å². The third-order valence-corrected chi connectivity index (χ3v) is 3.38. The maximum Gasteiger partial charge on any atom is 0.0483 e. The molecule has 0 spiro atoms. The molecule has 0 aromatic heterocycles. The second kappa shape index (κ2) is 4.98. The molecule has 0 bridgehead atoms. The molecule has 1 fully saturated rings. The monoisotopic (exact) mass is 219 g/mol. The molecule has 0 radical (unpaired) electrons. The third-order valence-electron chi connectivity index (χ3n) is 3.38. The van der Waals surface area contributed by atoms with E-state index in [2.05, 4.69) is 31.2 Å². The average molecular weight is 219 g/mol. The van der Waals surface area contributed by atoms with Gasteiger partial charge < -0.3 is 10.5 Å². The fraction of sp³-hybridized carbons (Fsp3) is 0.571. The van der Waals surface area contributed by atoms with E-state index in [1.807, 2.05) is 0 Å². The van der Waals surface area contributed by atoms with Crippen LogP contribution < -0.4 is 5.73 Å². The summed E-state index contributed by atoms with van der Waals surface area (Å²) in [6.45, 7) is 3.79. The van der Waals surface area contributed by atoms with Gasteiger partial charge in [-0.15, -0.1) is 0 Å². The van der Waals surface area contributed by atoms with Gasteiger partial charge in [0.15, 0.2) is 0 Å². The van der Waals surface area contributed by atoms with Crippen molar-refractivity contribution in [2.24, 2.45) is 5.73 Å². The zero-order chi connectivity index (χ0) is 11.4. The fourth-order valence-corrected chi connectivity index (χ4v) is 2.32. The highest BCUT2D eigenvalue weighted by molar-refractivity contribution is 5.23. The Hall–Kier alpha value is -0.860. The van der Waals surface area contributed by atoms with Gasteiger partial charge in [0.05, 0.1) is 0 Å². The van der Waals surface area contributed by atoms with Crippen LogP contribution in [0.15, 0.2) is 24.3 Å². The highest BCUT2D eigenvalue weighted by Crippen LogP contribution is 2.23. The van der Waals surface area contributed by atoms with Crippen LogP contribution in [0.4, 0.5) is 0 Å². The minimum atomic E-state index is -0.0637. The predicted molar refractivity (Wildman–Crippen MR) is 66.5 cm³/mol. The highest BCUT2D eigenvalue weighted by atomic mass is 16.5. The lowest BCUT2D eigenvalue weighted by Crippen LogP contribution is -2.42. The maximum atomic E-state index is 6.45. The van der Waals surface area contributed by atoms with Crippen molar-refractivity contribution in [2.75, 3.05) is 13.2 Å².